The Labute approximate surface area is 133 Å². The van der Waals surface area contributed by atoms with Crippen molar-refractivity contribution in [2.24, 2.45) is 11.1 Å². The molecule has 0 aliphatic heterocycles. The third-order valence-corrected chi connectivity index (χ3v) is 4.67. The molecule has 3 N–H and O–H groups in total. The topological polar surface area (TPSA) is 64.9 Å². The summed E-state index contributed by atoms with van der Waals surface area (Å²) in [6.45, 7) is 2.70. The molecular weight excluding hydrogens is 276 g/mol. The standard InChI is InChI=1S/C18H28N2O2/c1-14(18(21)16-10-6-3-7-11-16)19-13-12-17(20-22)15-8-4-2-5-9-15/h3,6-7,10-11,14-15,18-19,21-22H,2,4-5,8-9,12-13H2,1H3/b20-17+. The van der Waals surface area contributed by atoms with Crippen molar-refractivity contribution >= 4 is 5.71 Å². The molecule has 2 atom stereocenters. The van der Waals surface area contributed by atoms with E-state index in [0.29, 0.717) is 5.92 Å². The van der Waals surface area contributed by atoms with E-state index in [1.165, 1.54) is 19.3 Å². The Balaban J connectivity index is 1.77. The molecule has 122 valence electrons. The van der Waals surface area contributed by atoms with Gasteiger partial charge in [0.1, 0.15) is 0 Å². The summed E-state index contributed by atoms with van der Waals surface area (Å²) >= 11 is 0. The Morgan fingerprint density at radius 1 is 1.23 bits per heavy atom. The number of nitrogens with zero attached hydrogens (tertiary/aromatic N) is 1. The van der Waals surface area contributed by atoms with Crippen LogP contribution in [-0.2, 0) is 0 Å². The highest BCUT2D eigenvalue weighted by atomic mass is 16.4. The zero-order valence-corrected chi connectivity index (χ0v) is 13.4. The minimum absolute atomic E-state index is 0.0336. The van der Waals surface area contributed by atoms with E-state index in [4.69, 9.17) is 0 Å². The molecule has 1 fully saturated rings. The van der Waals surface area contributed by atoms with Gasteiger partial charge in [0, 0.05) is 24.9 Å². The third kappa shape index (κ3) is 4.82. The predicted octanol–water partition coefficient (Wildman–Crippen LogP) is 3.50. The summed E-state index contributed by atoms with van der Waals surface area (Å²) in [5, 5.41) is 26.4. The van der Waals surface area contributed by atoms with Gasteiger partial charge in [-0.1, -0.05) is 54.8 Å². The highest BCUT2D eigenvalue weighted by Crippen LogP contribution is 2.26. The van der Waals surface area contributed by atoms with Crippen molar-refractivity contribution in [3.8, 4) is 0 Å². The molecule has 1 aliphatic rings. The van der Waals surface area contributed by atoms with Gasteiger partial charge in [0.25, 0.3) is 0 Å². The van der Waals surface area contributed by atoms with Crippen LogP contribution in [0.15, 0.2) is 35.5 Å². The van der Waals surface area contributed by atoms with Gasteiger partial charge < -0.3 is 15.6 Å². The Bertz CT molecular complexity index is 455. The number of oxime groups is 1. The molecule has 22 heavy (non-hydrogen) atoms. The van der Waals surface area contributed by atoms with Crippen molar-refractivity contribution in [1.82, 2.24) is 5.32 Å². The molecule has 1 aromatic rings. The van der Waals surface area contributed by atoms with E-state index in [1.54, 1.807) is 0 Å². The molecule has 4 nitrogen and oxygen atoms in total. The molecule has 0 bridgehead atoms. The van der Waals surface area contributed by atoms with Gasteiger partial charge in [-0.3, -0.25) is 0 Å². The molecular formula is C18H28N2O2. The SMILES string of the molecule is CC(NCC/C(=N\O)C1CCCCC1)C(O)c1ccccc1. The lowest BCUT2D eigenvalue weighted by Gasteiger charge is -2.24. The summed E-state index contributed by atoms with van der Waals surface area (Å²) in [7, 11) is 0. The van der Waals surface area contributed by atoms with Crippen LogP contribution in [0, 0.1) is 5.92 Å². The number of nitrogens with one attached hydrogen (secondary N) is 1. The van der Waals surface area contributed by atoms with Crippen molar-refractivity contribution in [1.29, 1.82) is 0 Å². The molecule has 0 heterocycles. The summed E-state index contributed by atoms with van der Waals surface area (Å²) in [5.74, 6) is 0.440. The van der Waals surface area contributed by atoms with Gasteiger partial charge in [-0.25, -0.2) is 0 Å². The fourth-order valence-corrected chi connectivity index (χ4v) is 3.25. The largest absolute Gasteiger partial charge is 0.411 e. The molecule has 0 radical (unpaired) electrons. The van der Waals surface area contributed by atoms with E-state index >= 15 is 0 Å². The van der Waals surface area contributed by atoms with E-state index in [1.807, 2.05) is 37.3 Å². The summed E-state index contributed by atoms with van der Waals surface area (Å²) in [6.07, 6.45) is 6.27. The van der Waals surface area contributed by atoms with Crippen LogP contribution in [0.5, 0.6) is 0 Å². The molecule has 2 unspecified atom stereocenters. The smallest absolute Gasteiger partial charge is 0.0940 e. The maximum Gasteiger partial charge on any atom is 0.0940 e. The number of hydrogen-bond donors (Lipinski definition) is 3. The maximum atomic E-state index is 10.3. The number of benzene rings is 1. The molecule has 1 aliphatic carbocycles. The maximum absolute atomic E-state index is 10.3. The monoisotopic (exact) mass is 304 g/mol. The van der Waals surface area contributed by atoms with Gasteiger partial charge in [0.15, 0.2) is 0 Å². The van der Waals surface area contributed by atoms with Gasteiger partial charge in [-0.15, -0.1) is 0 Å². The first-order chi connectivity index (χ1) is 10.7. The van der Waals surface area contributed by atoms with Crippen molar-refractivity contribution < 1.29 is 10.3 Å². The fourth-order valence-electron chi connectivity index (χ4n) is 3.25. The van der Waals surface area contributed by atoms with Crippen molar-refractivity contribution in [3.63, 3.8) is 0 Å². The second-order valence-electron chi connectivity index (χ2n) is 6.27. The van der Waals surface area contributed by atoms with Crippen LogP contribution >= 0.6 is 0 Å². The average Bonchev–Trinajstić information content (AvgIpc) is 2.59. The lowest BCUT2D eigenvalue weighted by Crippen LogP contribution is -2.34. The molecule has 1 saturated carbocycles. The van der Waals surface area contributed by atoms with Crippen LogP contribution in [0.25, 0.3) is 0 Å². The number of aliphatic hydroxyl groups excluding tert-OH is 1. The molecule has 1 aromatic carbocycles. The number of rotatable bonds is 7. The van der Waals surface area contributed by atoms with E-state index in [0.717, 1.165) is 37.1 Å². The zero-order chi connectivity index (χ0) is 15.8. The van der Waals surface area contributed by atoms with E-state index in [9.17, 15) is 10.3 Å². The van der Waals surface area contributed by atoms with Crippen LogP contribution in [-0.4, -0.2) is 28.6 Å². The van der Waals surface area contributed by atoms with Gasteiger partial charge in [0.2, 0.25) is 0 Å². The van der Waals surface area contributed by atoms with Gasteiger partial charge >= 0.3 is 0 Å². The second kappa shape index (κ2) is 8.91. The van der Waals surface area contributed by atoms with Crippen LogP contribution in [0.1, 0.15) is 57.1 Å². The summed E-state index contributed by atoms with van der Waals surface area (Å²) in [4.78, 5) is 0. The van der Waals surface area contributed by atoms with Crippen LogP contribution < -0.4 is 5.32 Å². The lowest BCUT2D eigenvalue weighted by molar-refractivity contribution is 0.136. The predicted molar refractivity (Wildman–Crippen MR) is 89.3 cm³/mol. The molecule has 4 heteroatoms. The van der Waals surface area contributed by atoms with Crippen molar-refractivity contribution in [2.75, 3.05) is 6.54 Å². The molecule has 0 spiro atoms. The van der Waals surface area contributed by atoms with E-state index < -0.39 is 6.10 Å². The van der Waals surface area contributed by atoms with Gasteiger partial charge in [-0.05, 0) is 25.3 Å². The first kappa shape index (κ1) is 17.0. The van der Waals surface area contributed by atoms with Crippen LogP contribution in [0.4, 0.5) is 0 Å². The fraction of sp³-hybridized carbons (Fsp3) is 0.611. The normalized spacial score (nSPS) is 19.8. The molecule has 0 amide bonds. The zero-order valence-electron chi connectivity index (χ0n) is 13.4. The van der Waals surface area contributed by atoms with Crippen molar-refractivity contribution in [3.05, 3.63) is 35.9 Å². The minimum atomic E-state index is -0.523. The van der Waals surface area contributed by atoms with Crippen LogP contribution in [0.3, 0.4) is 0 Å². The number of hydrogen-bond acceptors (Lipinski definition) is 4. The van der Waals surface area contributed by atoms with E-state index in [-0.39, 0.29) is 6.04 Å². The van der Waals surface area contributed by atoms with Gasteiger partial charge in [-0.2, -0.15) is 0 Å². The molecule has 2 rings (SSSR count). The highest BCUT2D eigenvalue weighted by Gasteiger charge is 2.20. The first-order valence-electron chi connectivity index (χ1n) is 8.39. The lowest BCUT2D eigenvalue weighted by atomic mass is 9.84. The van der Waals surface area contributed by atoms with Crippen LogP contribution in [0.2, 0.25) is 0 Å². The average molecular weight is 304 g/mol. The highest BCUT2D eigenvalue weighted by molar-refractivity contribution is 5.86. The molecule has 0 aromatic heterocycles. The second-order valence-corrected chi connectivity index (χ2v) is 6.27. The summed E-state index contributed by atoms with van der Waals surface area (Å²) < 4.78 is 0. The first-order valence-corrected chi connectivity index (χ1v) is 8.39. The third-order valence-electron chi connectivity index (χ3n) is 4.67. The Kier molecular flexibility index (Phi) is 6.87. The Morgan fingerprint density at radius 2 is 1.91 bits per heavy atom. The molecule has 0 saturated heterocycles. The quantitative estimate of drug-likeness (QED) is 0.410. The van der Waals surface area contributed by atoms with Crippen molar-refractivity contribution in [2.45, 2.75) is 57.6 Å². The van der Waals surface area contributed by atoms with E-state index in [2.05, 4.69) is 10.5 Å². The minimum Gasteiger partial charge on any atom is -0.411 e. The summed E-state index contributed by atoms with van der Waals surface area (Å²) in [5.41, 5.74) is 1.83. The number of aliphatic hydroxyl groups is 1. The summed E-state index contributed by atoms with van der Waals surface area (Å²) in [6, 6.07) is 9.66. The van der Waals surface area contributed by atoms with Gasteiger partial charge in [0.05, 0.1) is 11.8 Å². The Hall–Kier alpha value is -1.39. The Morgan fingerprint density at radius 3 is 2.55 bits per heavy atom.